The van der Waals surface area contributed by atoms with E-state index in [1.54, 1.807) is 18.2 Å². The molecule has 6 nitrogen and oxygen atoms in total. The Kier molecular flexibility index (Phi) is 3.24. The van der Waals surface area contributed by atoms with Gasteiger partial charge in [0.15, 0.2) is 0 Å². The molecular formula is C10H10ClN5O. The number of carbonyl (C=O) groups excluding carboxylic acids is 1. The summed E-state index contributed by atoms with van der Waals surface area (Å²) in [5.41, 5.74) is 6.32. The lowest BCUT2D eigenvalue weighted by Crippen LogP contribution is -2.24. The van der Waals surface area contributed by atoms with Crippen LogP contribution in [0.25, 0.3) is 0 Å². The molecule has 0 saturated carbocycles. The number of hydrogen-bond acceptors (Lipinski definition) is 4. The summed E-state index contributed by atoms with van der Waals surface area (Å²) < 4.78 is 0. The molecule has 1 aromatic heterocycles. The molecule has 0 fully saturated rings. The van der Waals surface area contributed by atoms with Crippen LogP contribution in [0.2, 0.25) is 5.02 Å². The van der Waals surface area contributed by atoms with E-state index in [0.717, 1.165) is 0 Å². The fourth-order valence-electron chi connectivity index (χ4n) is 1.31. The predicted molar refractivity (Wildman–Crippen MR) is 63.4 cm³/mol. The first-order valence-electron chi connectivity index (χ1n) is 4.85. The second kappa shape index (κ2) is 4.84. The van der Waals surface area contributed by atoms with Gasteiger partial charge in [-0.15, -0.1) is 0 Å². The number of nitrogens with two attached hydrogens (primary N) is 1. The Balaban J connectivity index is 2.07. The molecule has 1 amide bonds. The summed E-state index contributed by atoms with van der Waals surface area (Å²) in [5.74, 6) is 0.264. The Morgan fingerprint density at radius 1 is 1.53 bits per heavy atom. The number of anilines is 1. The van der Waals surface area contributed by atoms with Gasteiger partial charge in [-0.25, -0.2) is 4.98 Å². The summed E-state index contributed by atoms with van der Waals surface area (Å²) in [6.45, 7) is 0.255. The fraction of sp³-hybridized carbons (Fsp3) is 0.100. The third kappa shape index (κ3) is 2.54. The average Bonchev–Trinajstić information content (AvgIpc) is 2.82. The molecule has 0 unspecified atom stereocenters. The molecule has 4 N–H and O–H groups in total. The molecule has 0 spiro atoms. The van der Waals surface area contributed by atoms with Crippen molar-refractivity contribution in [1.82, 2.24) is 20.5 Å². The normalized spacial score (nSPS) is 10.2. The van der Waals surface area contributed by atoms with E-state index in [1.165, 1.54) is 6.33 Å². The quantitative estimate of drug-likeness (QED) is 0.708. The number of hydrogen-bond donors (Lipinski definition) is 3. The number of aromatic nitrogens is 3. The van der Waals surface area contributed by atoms with Crippen LogP contribution < -0.4 is 11.1 Å². The van der Waals surface area contributed by atoms with Crippen LogP contribution in [0.15, 0.2) is 24.5 Å². The summed E-state index contributed by atoms with van der Waals surface area (Å²) in [7, 11) is 0. The van der Waals surface area contributed by atoms with Crippen molar-refractivity contribution < 1.29 is 4.79 Å². The number of aromatic amines is 1. The van der Waals surface area contributed by atoms with E-state index in [1.807, 2.05) is 0 Å². The number of nitrogens with zero attached hydrogens (tertiary/aromatic N) is 2. The fourth-order valence-corrected chi connectivity index (χ4v) is 1.48. The maximum absolute atomic E-state index is 11.8. The van der Waals surface area contributed by atoms with Gasteiger partial charge in [-0.3, -0.25) is 9.89 Å². The van der Waals surface area contributed by atoms with E-state index < -0.39 is 0 Å². The minimum Gasteiger partial charge on any atom is -0.397 e. The van der Waals surface area contributed by atoms with Crippen LogP contribution in [0.3, 0.4) is 0 Å². The van der Waals surface area contributed by atoms with Gasteiger partial charge in [-0.2, -0.15) is 5.10 Å². The number of benzene rings is 1. The highest BCUT2D eigenvalue weighted by Gasteiger charge is 2.11. The third-order valence-corrected chi connectivity index (χ3v) is 2.51. The van der Waals surface area contributed by atoms with E-state index in [2.05, 4.69) is 20.5 Å². The van der Waals surface area contributed by atoms with Crippen molar-refractivity contribution >= 4 is 23.2 Å². The maximum atomic E-state index is 11.8. The van der Waals surface area contributed by atoms with Gasteiger partial charge in [-0.1, -0.05) is 17.7 Å². The molecule has 7 heteroatoms. The van der Waals surface area contributed by atoms with Gasteiger partial charge in [0.1, 0.15) is 12.2 Å². The molecule has 0 aliphatic carbocycles. The van der Waals surface area contributed by atoms with Crippen LogP contribution in [0.1, 0.15) is 16.2 Å². The zero-order valence-electron chi connectivity index (χ0n) is 8.77. The largest absolute Gasteiger partial charge is 0.397 e. The number of carbonyl (C=O) groups is 1. The van der Waals surface area contributed by atoms with Crippen LogP contribution in [0, 0.1) is 0 Å². The Hall–Kier alpha value is -2.08. The SMILES string of the molecule is Nc1c(Cl)cccc1C(=O)NCc1ncn[nH]1. The Labute approximate surface area is 102 Å². The number of amides is 1. The smallest absolute Gasteiger partial charge is 0.253 e. The average molecular weight is 252 g/mol. The topological polar surface area (TPSA) is 96.7 Å². The van der Waals surface area contributed by atoms with Gasteiger partial charge in [0, 0.05) is 0 Å². The van der Waals surface area contributed by atoms with Gasteiger partial charge in [0.05, 0.1) is 22.8 Å². The minimum absolute atomic E-state index is 0.255. The highest BCUT2D eigenvalue weighted by molar-refractivity contribution is 6.33. The van der Waals surface area contributed by atoms with Gasteiger partial charge in [0.25, 0.3) is 5.91 Å². The Bertz CT molecular complexity index is 525. The van der Waals surface area contributed by atoms with Crippen LogP contribution in [0.4, 0.5) is 5.69 Å². The van der Waals surface area contributed by atoms with E-state index in [9.17, 15) is 4.79 Å². The first-order valence-corrected chi connectivity index (χ1v) is 5.22. The van der Waals surface area contributed by atoms with Gasteiger partial charge in [0.2, 0.25) is 0 Å². The molecule has 17 heavy (non-hydrogen) atoms. The van der Waals surface area contributed by atoms with Crippen molar-refractivity contribution in [2.24, 2.45) is 0 Å². The molecule has 0 aliphatic heterocycles. The summed E-state index contributed by atoms with van der Waals surface area (Å²) >= 11 is 5.82. The lowest BCUT2D eigenvalue weighted by molar-refractivity contribution is 0.0951. The van der Waals surface area contributed by atoms with Crippen molar-refractivity contribution in [1.29, 1.82) is 0 Å². The van der Waals surface area contributed by atoms with Crippen molar-refractivity contribution in [2.75, 3.05) is 5.73 Å². The Morgan fingerprint density at radius 2 is 2.35 bits per heavy atom. The predicted octanol–water partition coefficient (Wildman–Crippen LogP) is 0.970. The molecule has 0 saturated heterocycles. The number of nitrogens with one attached hydrogen (secondary N) is 2. The maximum Gasteiger partial charge on any atom is 0.253 e. The standard InChI is InChI=1S/C10H10ClN5O/c11-7-3-1-2-6(9(7)12)10(17)13-4-8-14-5-15-16-8/h1-3,5H,4,12H2,(H,13,17)(H,14,15,16). The summed E-state index contributed by atoms with van der Waals surface area (Å²) in [6.07, 6.45) is 1.37. The van der Waals surface area contributed by atoms with E-state index in [-0.39, 0.29) is 18.1 Å². The molecule has 1 heterocycles. The second-order valence-corrected chi connectivity index (χ2v) is 3.72. The lowest BCUT2D eigenvalue weighted by atomic mass is 10.1. The van der Waals surface area contributed by atoms with Crippen molar-refractivity contribution in [2.45, 2.75) is 6.54 Å². The van der Waals surface area contributed by atoms with Crippen LogP contribution in [0.5, 0.6) is 0 Å². The zero-order chi connectivity index (χ0) is 12.3. The molecule has 2 rings (SSSR count). The second-order valence-electron chi connectivity index (χ2n) is 3.32. The highest BCUT2D eigenvalue weighted by atomic mass is 35.5. The summed E-state index contributed by atoms with van der Waals surface area (Å²) in [6, 6.07) is 4.91. The molecule has 0 radical (unpaired) electrons. The Morgan fingerprint density at radius 3 is 3.06 bits per heavy atom. The lowest BCUT2D eigenvalue weighted by Gasteiger charge is -2.07. The number of halogens is 1. The first-order chi connectivity index (χ1) is 8.18. The summed E-state index contributed by atoms with van der Waals surface area (Å²) in [5, 5.41) is 9.32. The molecule has 88 valence electrons. The van der Waals surface area contributed by atoms with E-state index >= 15 is 0 Å². The molecule has 1 aromatic carbocycles. The third-order valence-electron chi connectivity index (χ3n) is 2.18. The number of rotatable bonds is 3. The molecular weight excluding hydrogens is 242 g/mol. The van der Waals surface area contributed by atoms with Gasteiger partial charge < -0.3 is 11.1 Å². The van der Waals surface area contributed by atoms with Gasteiger partial charge >= 0.3 is 0 Å². The first kappa shape index (κ1) is 11.4. The van der Waals surface area contributed by atoms with Crippen molar-refractivity contribution in [3.63, 3.8) is 0 Å². The van der Waals surface area contributed by atoms with E-state index in [4.69, 9.17) is 17.3 Å². The monoisotopic (exact) mass is 251 g/mol. The number of H-pyrrole nitrogens is 1. The number of para-hydroxylation sites is 1. The molecule has 0 aliphatic rings. The molecule has 0 bridgehead atoms. The van der Waals surface area contributed by atoms with Crippen LogP contribution in [-0.4, -0.2) is 21.1 Å². The zero-order valence-corrected chi connectivity index (χ0v) is 9.53. The van der Waals surface area contributed by atoms with Crippen molar-refractivity contribution in [3.05, 3.63) is 40.9 Å². The van der Waals surface area contributed by atoms with Crippen molar-refractivity contribution in [3.8, 4) is 0 Å². The molecule has 2 aromatic rings. The summed E-state index contributed by atoms with van der Waals surface area (Å²) in [4.78, 5) is 15.7. The minimum atomic E-state index is -0.304. The van der Waals surface area contributed by atoms with E-state index in [0.29, 0.717) is 16.4 Å². The molecule has 0 atom stereocenters. The van der Waals surface area contributed by atoms with Crippen LogP contribution in [-0.2, 0) is 6.54 Å². The number of nitrogen functional groups attached to an aromatic ring is 1. The highest BCUT2D eigenvalue weighted by Crippen LogP contribution is 2.22. The van der Waals surface area contributed by atoms with Gasteiger partial charge in [-0.05, 0) is 12.1 Å². The van der Waals surface area contributed by atoms with Crippen LogP contribution >= 0.6 is 11.6 Å².